The van der Waals surface area contributed by atoms with E-state index in [1.54, 1.807) is 11.6 Å². The summed E-state index contributed by atoms with van der Waals surface area (Å²) in [4.78, 5) is 39.2. The average molecular weight is 505 g/mol. The lowest BCUT2D eigenvalue weighted by Gasteiger charge is -2.24. The maximum atomic E-state index is 13.2. The average Bonchev–Trinajstić information content (AvgIpc) is 3.25. The fraction of sp³-hybridized carbons (Fsp3) is 0.379. The van der Waals surface area contributed by atoms with Gasteiger partial charge in [0.05, 0.1) is 31.0 Å². The van der Waals surface area contributed by atoms with Crippen molar-refractivity contribution < 1.29 is 19.1 Å². The summed E-state index contributed by atoms with van der Waals surface area (Å²) in [5.41, 5.74) is 4.66. The molecular weight excluding hydrogens is 468 g/mol. The Labute approximate surface area is 218 Å². The Morgan fingerprint density at radius 3 is 2.41 bits per heavy atom. The normalized spacial score (nSPS) is 10.9. The maximum absolute atomic E-state index is 13.2. The van der Waals surface area contributed by atoms with Gasteiger partial charge in [-0.2, -0.15) is 5.10 Å². The van der Waals surface area contributed by atoms with E-state index < -0.39 is 5.97 Å². The first kappa shape index (κ1) is 27.6. The smallest absolute Gasteiger partial charge is 0.306 e. The Morgan fingerprint density at radius 1 is 1.03 bits per heavy atom. The van der Waals surface area contributed by atoms with Crippen LogP contribution in [0.25, 0.3) is 16.9 Å². The number of esters is 1. The number of carbonyl (C=O) groups is 3. The minimum Gasteiger partial charge on any atom is -0.466 e. The van der Waals surface area contributed by atoms with Crippen LogP contribution in [0.4, 0.5) is 5.82 Å². The molecule has 0 unspecified atom stereocenters. The topological polar surface area (TPSA) is 93.5 Å². The van der Waals surface area contributed by atoms with Crippen molar-refractivity contribution in [2.24, 2.45) is 5.92 Å². The highest BCUT2D eigenvalue weighted by Crippen LogP contribution is 2.26. The van der Waals surface area contributed by atoms with Crippen molar-refractivity contribution in [1.29, 1.82) is 0 Å². The Bertz CT molecular complexity index is 1230. The summed E-state index contributed by atoms with van der Waals surface area (Å²) in [5.74, 6) is -0.347. The minimum atomic E-state index is -0.421. The van der Waals surface area contributed by atoms with Gasteiger partial charge in [-0.25, -0.2) is 4.68 Å². The number of benzene rings is 2. The summed E-state index contributed by atoms with van der Waals surface area (Å²) in [6.07, 6.45) is -0.0136. The van der Waals surface area contributed by atoms with Gasteiger partial charge in [0.15, 0.2) is 0 Å². The number of amides is 2. The summed E-state index contributed by atoms with van der Waals surface area (Å²) < 4.78 is 6.65. The van der Waals surface area contributed by atoms with Gasteiger partial charge in [-0.1, -0.05) is 61.9 Å². The van der Waals surface area contributed by atoms with E-state index in [1.807, 2.05) is 76.2 Å². The second kappa shape index (κ2) is 12.9. The second-order valence-electron chi connectivity index (χ2n) is 9.50. The predicted octanol–water partition coefficient (Wildman–Crippen LogP) is 4.92. The van der Waals surface area contributed by atoms with Crippen LogP contribution in [-0.4, -0.2) is 52.2 Å². The molecule has 2 aromatic carbocycles. The van der Waals surface area contributed by atoms with Crippen molar-refractivity contribution in [3.8, 4) is 16.9 Å². The van der Waals surface area contributed by atoms with E-state index in [1.165, 1.54) is 4.90 Å². The first-order valence-corrected chi connectivity index (χ1v) is 12.6. The molecule has 0 spiro atoms. The van der Waals surface area contributed by atoms with Crippen LogP contribution in [0.2, 0.25) is 0 Å². The molecule has 3 rings (SSSR count). The maximum Gasteiger partial charge on any atom is 0.306 e. The van der Waals surface area contributed by atoms with Crippen LogP contribution in [0.1, 0.15) is 44.7 Å². The molecule has 196 valence electrons. The molecule has 0 saturated carbocycles. The molecule has 1 aromatic heterocycles. The molecule has 0 aliphatic carbocycles. The lowest BCUT2D eigenvalue weighted by Crippen LogP contribution is -2.40. The van der Waals surface area contributed by atoms with E-state index in [4.69, 9.17) is 9.84 Å². The zero-order chi connectivity index (χ0) is 26.9. The molecule has 8 heteroatoms. The largest absolute Gasteiger partial charge is 0.466 e. The SMILES string of the molecule is CCOC(=O)CCC(=O)N(CC(=O)Nc1cc(-c2ccccc2)nn1-c1ccc(C)cc1C)CC(C)C. The predicted molar refractivity (Wildman–Crippen MR) is 144 cm³/mol. The number of nitrogens with zero attached hydrogens (tertiary/aromatic N) is 3. The fourth-order valence-corrected chi connectivity index (χ4v) is 4.10. The van der Waals surface area contributed by atoms with Gasteiger partial charge in [0.1, 0.15) is 5.82 Å². The summed E-state index contributed by atoms with van der Waals surface area (Å²) in [6, 6.07) is 17.6. The summed E-state index contributed by atoms with van der Waals surface area (Å²) in [5, 5.41) is 7.75. The number of rotatable bonds is 11. The number of hydrogen-bond donors (Lipinski definition) is 1. The number of aromatic nitrogens is 2. The van der Waals surface area contributed by atoms with Gasteiger partial charge in [-0.05, 0) is 38.3 Å². The number of carbonyl (C=O) groups excluding carboxylic acids is 3. The van der Waals surface area contributed by atoms with E-state index in [0.717, 1.165) is 28.1 Å². The molecule has 0 radical (unpaired) electrons. The first-order valence-electron chi connectivity index (χ1n) is 12.6. The van der Waals surface area contributed by atoms with Crippen LogP contribution in [0, 0.1) is 19.8 Å². The third kappa shape index (κ3) is 7.77. The van der Waals surface area contributed by atoms with E-state index in [-0.39, 0.29) is 43.7 Å². The molecule has 3 aromatic rings. The van der Waals surface area contributed by atoms with E-state index in [9.17, 15) is 14.4 Å². The zero-order valence-corrected chi connectivity index (χ0v) is 22.3. The van der Waals surface area contributed by atoms with Crippen molar-refractivity contribution in [2.45, 2.75) is 47.5 Å². The molecule has 2 amide bonds. The van der Waals surface area contributed by atoms with Gasteiger partial charge in [-0.15, -0.1) is 0 Å². The summed E-state index contributed by atoms with van der Waals surface area (Å²) >= 11 is 0. The molecule has 0 aliphatic heterocycles. The quantitative estimate of drug-likeness (QED) is 0.374. The Balaban J connectivity index is 1.84. The van der Waals surface area contributed by atoms with Gasteiger partial charge < -0.3 is 15.0 Å². The van der Waals surface area contributed by atoms with Crippen LogP contribution in [0.5, 0.6) is 0 Å². The van der Waals surface area contributed by atoms with Crippen molar-refractivity contribution >= 4 is 23.6 Å². The number of anilines is 1. The molecule has 37 heavy (non-hydrogen) atoms. The monoisotopic (exact) mass is 504 g/mol. The molecule has 0 atom stereocenters. The Hall–Kier alpha value is -3.94. The third-order valence-electron chi connectivity index (χ3n) is 5.75. The van der Waals surface area contributed by atoms with Crippen molar-refractivity contribution in [3.63, 3.8) is 0 Å². The fourth-order valence-electron chi connectivity index (χ4n) is 4.10. The molecule has 0 fully saturated rings. The number of hydrogen-bond acceptors (Lipinski definition) is 5. The number of nitrogens with one attached hydrogen (secondary N) is 1. The highest BCUT2D eigenvalue weighted by Gasteiger charge is 2.21. The zero-order valence-electron chi connectivity index (χ0n) is 22.3. The van der Waals surface area contributed by atoms with Crippen LogP contribution < -0.4 is 5.32 Å². The van der Waals surface area contributed by atoms with Crippen LogP contribution >= 0.6 is 0 Å². The van der Waals surface area contributed by atoms with E-state index in [0.29, 0.717) is 12.4 Å². The highest BCUT2D eigenvalue weighted by molar-refractivity contribution is 5.95. The lowest BCUT2D eigenvalue weighted by molar-refractivity contribution is -0.146. The van der Waals surface area contributed by atoms with Gasteiger partial charge in [0.25, 0.3) is 0 Å². The lowest BCUT2D eigenvalue weighted by atomic mass is 10.1. The van der Waals surface area contributed by atoms with Crippen molar-refractivity contribution in [3.05, 3.63) is 65.7 Å². The van der Waals surface area contributed by atoms with Crippen LogP contribution in [0.3, 0.4) is 0 Å². The molecule has 0 bridgehead atoms. The summed E-state index contributed by atoms with van der Waals surface area (Å²) in [6.45, 7) is 10.3. The Kier molecular flexibility index (Phi) is 9.60. The standard InChI is InChI=1S/C29H36N4O4/c1-6-37-29(36)15-14-28(35)32(18-20(2)3)19-27(34)30-26-17-24(23-10-8-7-9-11-23)31-33(26)25-13-12-21(4)16-22(25)5/h7-13,16-17,20H,6,14-15,18-19H2,1-5H3,(H,30,34). The van der Waals surface area contributed by atoms with E-state index >= 15 is 0 Å². The third-order valence-corrected chi connectivity index (χ3v) is 5.75. The number of aryl methyl sites for hydroxylation is 2. The van der Waals surface area contributed by atoms with E-state index in [2.05, 4.69) is 11.4 Å². The van der Waals surface area contributed by atoms with Gasteiger partial charge in [-0.3, -0.25) is 14.4 Å². The van der Waals surface area contributed by atoms with Crippen molar-refractivity contribution in [2.75, 3.05) is 25.0 Å². The van der Waals surface area contributed by atoms with Crippen LogP contribution in [0.15, 0.2) is 54.6 Å². The number of ether oxygens (including phenoxy) is 1. The van der Waals surface area contributed by atoms with Crippen LogP contribution in [-0.2, 0) is 19.1 Å². The molecule has 1 N–H and O–H groups in total. The van der Waals surface area contributed by atoms with Gasteiger partial charge in [0.2, 0.25) is 11.8 Å². The Morgan fingerprint density at radius 2 is 1.76 bits per heavy atom. The van der Waals surface area contributed by atoms with Gasteiger partial charge in [0, 0.05) is 24.6 Å². The van der Waals surface area contributed by atoms with Crippen molar-refractivity contribution in [1.82, 2.24) is 14.7 Å². The molecule has 0 saturated heterocycles. The second-order valence-corrected chi connectivity index (χ2v) is 9.50. The highest BCUT2D eigenvalue weighted by atomic mass is 16.5. The van der Waals surface area contributed by atoms with Gasteiger partial charge >= 0.3 is 5.97 Å². The molecule has 8 nitrogen and oxygen atoms in total. The molecule has 1 heterocycles. The minimum absolute atomic E-state index is 0.00250. The first-order chi connectivity index (χ1) is 17.7. The summed E-state index contributed by atoms with van der Waals surface area (Å²) in [7, 11) is 0. The molecule has 0 aliphatic rings. The molecular formula is C29H36N4O4.